The zero-order valence-corrected chi connectivity index (χ0v) is 14.4. The van der Waals surface area contributed by atoms with Gasteiger partial charge in [0.1, 0.15) is 0 Å². The summed E-state index contributed by atoms with van der Waals surface area (Å²) >= 11 is 0. The van der Waals surface area contributed by atoms with Crippen LogP contribution in [0, 0.1) is 13.8 Å². The maximum atomic E-state index is 12.0. The Morgan fingerprint density at radius 2 is 1.76 bits per heavy atom. The van der Waals surface area contributed by atoms with Gasteiger partial charge in [0.25, 0.3) is 0 Å². The molecule has 1 N–H and O–H groups in total. The molecular formula is C20H19NO4. The first-order valence-electron chi connectivity index (χ1n) is 7.91. The fraction of sp³-hybridized carbons (Fsp3) is 0.200. The molecule has 0 aromatic heterocycles. The second-order valence-electron chi connectivity index (χ2n) is 6.20. The summed E-state index contributed by atoms with van der Waals surface area (Å²) in [6.45, 7) is 3.99. The largest absolute Gasteiger partial charge is 0.478 e. The molecule has 0 saturated heterocycles. The monoisotopic (exact) mass is 337 g/mol. The third kappa shape index (κ3) is 3.26. The fourth-order valence-electron chi connectivity index (χ4n) is 3.01. The molecule has 0 bridgehead atoms. The molecule has 0 unspecified atom stereocenters. The van der Waals surface area contributed by atoms with Crippen LogP contribution in [-0.2, 0) is 14.3 Å². The molecule has 2 aromatic carbocycles. The van der Waals surface area contributed by atoms with Crippen molar-refractivity contribution < 1.29 is 19.4 Å². The topological polar surface area (TPSA) is 66.8 Å². The minimum absolute atomic E-state index is 0.0429. The number of benzene rings is 2. The van der Waals surface area contributed by atoms with Gasteiger partial charge < -0.3 is 14.7 Å². The van der Waals surface area contributed by atoms with Crippen molar-refractivity contribution >= 4 is 28.4 Å². The Morgan fingerprint density at radius 1 is 1.04 bits per heavy atom. The van der Waals surface area contributed by atoms with Crippen LogP contribution in [0.25, 0.3) is 10.8 Å². The highest BCUT2D eigenvalue weighted by molar-refractivity contribution is 6.00. The summed E-state index contributed by atoms with van der Waals surface area (Å²) in [6, 6.07) is 10.2. The van der Waals surface area contributed by atoms with Crippen LogP contribution in [0.1, 0.15) is 17.5 Å². The molecule has 25 heavy (non-hydrogen) atoms. The van der Waals surface area contributed by atoms with Crippen LogP contribution in [0.2, 0.25) is 0 Å². The van der Waals surface area contributed by atoms with Crippen LogP contribution >= 0.6 is 0 Å². The van der Waals surface area contributed by atoms with Crippen molar-refractivity contribution in [3.8, 4) is 0 Å². The van der Waals surface area contributed by atoms with Crippen LogP contribution in [0.5, 0.6) is 0 Å². The summed E-state index contributed by atoms with van der Waals surface area (Å²) in [6.07, 6.45) is 3.25. The predicted octanol–water partition coefficient (Wildman–Crippen LogP) is 3.69. The number of carbonyl (C=O) groups excluding carboxylic acids is 1. The number of ether oxygens (including phenoxy) is 1. The van der Waals surface area contributed by atoms with Gasteiger partial charge >= 0.3 is 11.9 Å². The van der Waals surface area contributed by atoms with Crippen molar-refractivity contribution in [1.29, 1.82) is 0 Å². The van der Waals surface area contributed by atoms with Crippen molar-refractivity contribution in [2.75, 3.05) is 12.0 Å². The molecule has 0 atom stereocenters. The molecule has 0 aliphatic carbocycles. The van der Waals surface area contributed by atoms with Crippen molar-refractivity contribution in [3.63, 3.8) is 0 Å². The molecule has 0 fully saturated rings. The van der Waals surface area contributed by atoms with E-state index in [1.54, 1.807) is 17.3 Å². The summed E-state index contributed by atoms with van der Waals surface area (Å²) < 4.78 is 4.78. The van der Waals surface area contributed by atoms with Gasteiger partial charge in [0, 0.05) is 24.2 Å². The molecule has 1 aliphatic rings. The van der Waals surface area contributed by atoms with E-state index < -0.39 is 11.9 Å². The molecule has 5 heteroatoms. The molecule has 1 heterocycles. The van der Waals surface area contributed by atoms with Crippen molar-refractivity contribution in [2.45, 2.75) is 20.3 Å². The number of hydrogen-bond donors (Lipinski definition) is 1. The van der Waals surface area contributed by atoms with E-state index in [1.165, 1.54) is 7.11 Å². The summed E-state index contributed by atoms with van der Waals surface area (Å²) in [5, 5.41) is 11.5. The lowest BCUT2D eigenvalue weighted by molar-refractivity contribution is -0.136. The lowest BCUT2D eigenvalue weighted by atomic mass is 10.00. The summed E-state index contributed by atoms with van der Waals surface area (Å²) in [4.78, 5) is 25.2. The number of nitrogens with zero attached hydrogens (tertiary/aromatic N) is 1. The Balaban J connectivity index is 2.21. The van der Waals surface area contributed by atoms with E-state index >= 15 is 0 Å². The van der Waals surface area contributed by atoms with Crippen LogP contribution in [0.15, 0.2) is 53.9 Å². The number of carboxylic acid groups (broad SMARTS) is 1. The molecule has 128 valence electrons. The first-order chi connectivity index (χ1) is 11.9. The lowest BCUT2D eigenvalue weighted by Crippen LogP contribution is -2.22. The third-order valence-electron chi connectivity index (χ3n) is 4.20. The average Bonchev–Trinajstić information content (AvgIpc) is 2.60. The second-order valence-corrected chi connectivity index (χ2v) is 6.20. The summed E-state index contributed by atoms with van der Waals surface area (Å²) in [5.74, 6) is -1.57. The molecule has 0 amide bonds. The van der Waals surface area contributed by atoms with Gasteiger partial charge in [-0.05, 0) is 36.9 Å². The van der Waals surface area contributed by atoms with Crippen molar-refractivity contribution in [2.24, 2.45) is 0 Å². The molecule has 3 rings (SSSR count). The molecule has 1 aliphatic heterocycles. The second kappa shape index (κ2) is 6.43. The van der Waals surface area contributed by atoms with E-state index in [9.17, 15) is 14.7 Å². The first-order valence-corrected chi connectivity index (χ1v) is 7.91. The smallest absolute Gasteiger partial charge is 0.335 e. The fourth-order valence-corrected chi connectivity index (χ4v) is 3.01. The van der Waals surface area contributed by atoms with E-state index in [1.807, 2.05) is 32.0 Å². The van der Waals surface area contributed by atoms with Crippen LogP contribution in [0.3, 0.4) is 0 Å². The van der Waals surface area contributed by atoms with E-state index in [0.29, 0.717) is 5.57 Å². The van der Waals surface area contributed by atoms with E-state index in [2.05, 4.69) is 12.1 Å². The highest BCUT2D eigenvalue weighted by Gasteiger charge is 2.23. The minimum Gasteiger partial charge on any atom is -0.478 e. The van der Waals surface area contributed by atoms with Gasteiger partial charge in [-0.25, -0.2) is 9.59 Å². The van der Waals surface area contributed by atoms with Crippen molar-refractivity contribution in [3.05, 3.63) is 65.0 Å². The van der Waals surface area contributed by atoms with Gasteiger partial charge in [0.05, 0.1) is 23.9 Å². The SMILES string of the molecule is COC(=O)C1=CN(c2cc(C)cc3ccc(C)cc23)C=C(C(=O)O)C1. The molecule has 0 radical (unpaired) electrons. The number of aryl methyl sites for hydroxylation is 2. The Bertz CT molecular complexity index is 940. The van der Waals surface area contributed by atoms with Crippen LogP contribution in [-0.4, -0.2) is 24.2 Å². The Labute approximate surface area is 145 Å². The minimum atomic E-state index is -1.05. The van der Waals surface area contributed by atoms with E-state index in [-0.39, 0.29) is 12.0 Å². The molecular weight excluding hydrogens is 318 g/mol. The maximum absolute atomic E-state index is 12.0. The standard InChI is InChI=1S/C20H19NO4/c1-12-4-5-14-6-13(2)8-18(17(14)7-12)21-10-15(19(22)23)9-16(11-21)20(24)25-3/h4-8,10-11H,9H2,1-3H3,(H,22,23). The number of fused-ring (bicyclic) bond motifs is 1. The highest BCUT2D eigenvalue weighted by atomic mass is 16.5. The Hall–Kier alpha value is -3.08. The number of esters is 1. The normalized spacial score (nSPS) is 14.1. The van der Waals surface area contributed by atoms with Crippen LogP contribution < -0.4 is 4.90 Å². The van der Waals surface area contributed by atoms with E-state index in [4.69, 9.17) is 4.74 Å². The zero-order chi connectivity index (χ0) is 18.1. The van der Waals surface area contributed by atoms with Gasteiger partial charge in [0.15, 0.2) is 0 Å². The van der Waals surface area contributed by atoms with Crippen molar-refractivity contribution in [1.82, 2.24) is 0 Å². The molecule has 0 saturated carbocycles. The quantitative estimate of drug-likeness (QED) is 0.865. The van der Waals surface area contributed by atoms with Gasteiger partial charge in [-0.1, -0.05) is 23.8 Å². The number of anilines is 1. The number of hydrogen-bond acceptors (Lipinski definition) is 4. The lowest BCUT2D eigenvalue weighted by Gasteiger charge is -2.25. The Kier molecular flexibility index (Phi) is 4.31. The molecule has 2 aromatic rings. The summed E-state index contributed by atoms with van der Waals surface area (Å²) in [5.41, 5.74) is 3.44. The highest BCUT2D eigenvalue weighted by Crippen LogP contribution is 2.33. The number of carboxylic acids is 1. The van der Waals surface area contributed by atoms with Gasteiger partial charge in [-0.3, -0.25) is 0 Å². The number of methoxy groups -OCH3 is 1. The van der Waals surface area contributed by atoms with Gasteiger partial charge in [0.2, 0.25) is 0 Å². The third-order valence-corrected chi connectivity index (χ3v) is 4.20. The number of rotatable bonds is 3. The predicted molar refractivity (Wildman–Crippen MR) is 96.3 cm³/mol. The van der Waals surface area contributed by atoms with Gasteiger partial charge in [-0.2, -0.15) is 0 Å². The summed E-state index contributed by atoms with van der Waals surface area (Å²) in [7, 11) is 1.29. The van der Waals surface area contributed by atoms with Crippen LogP contribution in [0.4, 0.5) is 5.69 Å². The first kappa shape index (κ1) is 16.8. The number of aliphatic carboxylic acids is 1. The average molecular weight is 337 g/mol. The van der Waals surface area contributed by atoms with E-state index in [0.717, 1.165) is 27.6 Å². The molecule has 5 nitrogen and oxygen atoms in total. The van der Waals surface area contributed by atoms with Gasteiger partial charge in [-0.15, -0.1) is 0 Å². The molecule has 0 spiro atoms. The maximum Gasteiger partial charge on any atom is 0.335 e. The zero-order valence-electron chi connectivity index (χ0n) is 14.4. The number of carbonyl (C=O) groups is 2. The Morgan fingerprint density at radius 3 is 2.44 bits per heavy atom.